The zero-order valence-corrected chi connectivity index (χ0v) is 11.7. The van der Waals surface area contributed by atoms with Gasteiger partial charge in [-0.3, -0.25) is 0 Å². The molecule has 106 valence electrons. The normalized spacial score (nSPS) is 21.8. The van der Waals surface area contributed by atoms with Crippen molar-refractivity contribution in [2.45, 2.75) is 32.4 Å². The van der Waals surface area contributed by atoms with Gasteiger partial charge in [0.05, 0.1) is 0 Å². The van der Waals surface area contributed by atoms with Crippen molar-refractivity contribution in [1.82, 2.24) is 4.90 Å². The van der Waals surface area contributed by atoms with Gasteiger partial charge >= 0.3 is 0 Å². The summed E-state index contributed by atoms with van der Waals surface area (Å²) in [6.07, 6.45) is 1.12. The van der Waals surface area contributed by atoms with E-state index in [2.05, 4.69) is 18.7 Å². The van der Waals surface area contributed by atoms with Gasteiger partial charge < -0.3 is 15.4 Å². The van der Waals surface area contributed by atoms with Crippen LogP contribution >= 0.6 is 0 Å². The van der Waals surface area contributed by atoms with Crippen molar-refractivity contribution in [3.05, 3.63) is 30.1 Å². The third-order valence-electron chi connectivity index (χ3n) is 3.83. The van der Waals surface area contributed by atoms with Gasteiger partial charge in [0, 0.05) is 24.7 Å². The summed E-state index contributed by atoms with van der Waals surface area (Å²) in [6, 6.07) is 6.77. The van der Waals surface area contributed by atoms with Gasteiger partial charge in [-0.15, -0.1) is 0 Å². The molecule has 19 heavy (non-hydrogen) atoms. The Morgan fingerprint density at radius 2 is 2.26 bits per heavy atom. The summed E-state index contributed by atoms with van der Waals surface area (Å²) < 4.78 is 18.6. The molecular formula is C15H23FN2O. The average molecular weight is 266 g/mol. The minimum atomic E-state index is -0.280. The highest BCUT2D eigenvalue weighted by atomic mass is 19.1. The summed E-state index contributed by atoms with van der Waals surface area (Å²) in [5.41, 5.74) is 6.18. The lowest BCUT2D eigenvalue weighted by Gasteiger charge is -2.23. The molecule has 0 amide bonds. The van der Waals surface area contributed by atoms with Gasteiger partial charge in [0.1, 0.15) is 18.2 Å². The maximum Gasteiger partial charge on any atom is 0.126 e. The summed E-state index contributed by atoms with van der Waals surface area (Å²) in [6.45, 7) is 7.00. The summed E-state index contributed by atoms with van der Waals surface area (Å²) in [5.74, 6) is 0.739. The first-order valence-electron chi connectivity index (χ1n) is 6.94. The lowest BCUT2D eigenvalue weighted by Crippen LogP contribution is -2.38. The third kappa shape index (κ3) is 3.91. The maximum absolute atomic E-state index is 13.0. The Labute approximate surface area is 114 Å². The van der Waals surface area contributed by atoms with Crippen LogP contribution in [-0.2, 0) is 0 Å². The van der Waals surface area contributed by atoms with Crippen LogP contribution in [0.2, 0.25) is 0 Å². The van der Waals surface area contributed by atoms with Crippen molar-refractivity contribution < 1.29 is 9.13 Å². The molecule has 0 aliphatic carbocycles. The fourth-order valence-electron chi connectivity index (χ4n) is 2.52. The molecule has 2 atom stereocenters. The molecule has 2 N–H and O–H groups in total. The van der Waals surface area contributed by atoms with Gasteiger partial charge in [-0.05, 0) is 44.9 Å². The monoisotopic (exact) mass is 266 g/mol. The van der Waals surface area contributed by atoms with Gasteiger partial charge in [0.15, 0.2) is 0 Å². The van der Waals surface area contributed by atoms with Crippen LogP contribution in [0.4, 0.5) is 4.39 Å². The zero-order chi connectivity index (χ0) is 13.8. The van der Waals surface area contributed by atoms with E-state index in [9.17, 15) is 4.39 Å². The molecular weight excluding hydrogens is 243 g/mol. The Balaban J connectivity index is 1.80. The zero-order valence-electron chi connectivity index (χ0n) is 11.7. The summed E-state index contributed by atoms with van der Waals surface area (Å²) in [4.78, 5) is 2.44. The molecule has 1 aromatic carbocycles. The third-order valence-corrected chi connectivity index (χ3v) is 3.83. The van der Waals surface area contributed by atoms with E-state index in [1.54, 1.807) is 12.1 Å². The van der Waals surface area contributed by atoms with Gasteiger partial charge in [0.25, 0.3) is 0 Å². The molecule has 3 nitrogen and oxygen atoms in total. The molecule has 0 aromatic heterocycles. The maximum atomic E-state index is 13.0. The number of rotatable bonds is 5. The first-order chi connectivity index (χ1) is 9.06. The van der Waals surface area contributed by atoms with Gasteiger partial charge in [0.2, 0.25) is 0 Å². The Bertz CT molecular complexity index is 411. The van der Waals surface area contributed by atoms with Crippen LogP contribution in [0, 0.1) is 11.7 Å². The van der Waals surface area contributed by atoms with Crippen LogP contribution in [0.3, 0.4) is 0 Å². The van der Waals surface area contributed by atoms with E-state index in [0.29, 0.717) is 24.3 Å². The molecule has 1 aromatic rings. The average Bonchev–Trinajstić information content (AvgIpc) is 2.86. The summed E-state index contributed by atoms with van der Waals surface area (Å²) in [5, 5.41) is 0. The molecule has 1 fully saturated rings. The van der Waals surface area contributed by atoms with Crippen molar-refractivity contribution in [2.75, 3.05) is 19.7 Å². The van der Waals surface area contributed by atoms with Crippen molar-refractivity contribution in [3.8, 4) is 5.75 Å². The number of halogens is 1. The Kier molecular flexibility index (Phi) is 4.77. The lowest BCUT2D eigenvalue weighted by molar-refractivity contribution is 0.225. The van der Waals surface area contributed by atoms with Crippen LogP contribution in [0.15, 0.2) is 24.3 Å². The van der Waals surface area contributed by atoms with Crippen LogP contribution in [0.1, 0.15) is 20.3 Å². The predicted octanol–water partition coefficient (Wildman–Crippen LogP) is 2.26. The summed E-state index contributed by atoms with van der Waals surface area (Å²) in [7, 11) is 0. The molecule has 4 heteroatoms. The second-order valence-corrected chi connectivity index (χ2v) is 5.57. The molecule has 1 saturated heterocycles. The molecule has 2 rings (SSSR count). The summed E-state index contributed by atoms with van der Waals surface area (Å²) >= 11 is 0. The number of ether oxygens (including phenoxy) is 1. The fourth-order valence-corrected chi connectivity index (χ4v) is 2.52. The molecule has 1 aliphatic heterocycles. The molecule has 2 unspecified atom stereocenters. The van der Waals surface area contributed by atoms with Crippen molar-refractivity contribution in [1.29, 1.82) is 0 Å². The highest BCUT2D eigenvalue weighted by molar-refractivity contribution is 5.22. The van der Waals surface area contributed by atoms with Crippen LogP contribution in [0.5, 0.6) is 5.75 Å². The quantitative estimate of drug-likeness (QED) is 0.888. The van der Waals surface area contributed by atoms with Crippen LogP contribution in [-0.4, -0.2) is 36.7 Å². The van der Waals surface area contributed by atoms with E-state index >= 15 is 0 Å². The largest absolute Gasteiger partial charge is 0.492 e. The number of nitrogens with zero attached hydrogens (tertiary/aromatic N) is 1. The number of nitrogens with two attached hydrogens (primary N) is 1. The predicted molar refractivity (Wildman–Crippen MR) is 74.7 cm³/mol. The topological polar surface area (TPSA) is 38.5 Å². The molecule has 0 bridgehead atoms. The van der Waals surface area contributed by atoms with Crippen molar-refractivity contribution in [3.63, 3.8) is 0 Å². The molecule has 1 heterocycles. The highest BCUT2D eigenvalue weighted by Gasteiger charge is 2.28. The van der Waals surface area contributed by atoms with Crippen LogP contribution in [0.25, 0.3) is 0 Å². The van der Waals surface area contributed by atoms with Crippen LogP contribution < -0.4 is 10.5 Å². The molecule has 1 aliphatic rings. The van der Waals surface area contributed by atoms with Gasteiger partial charge in [-0.2, -0.15) is 0 Å². The number of likely N-dealkylation sites (tertiary alicyclic amines) is 1. The second-order valence-electron chi connectivity index (χ2n) is 5.57. The van der Waals surface area contributed by atoms with E-state index in [4.69, 9.17) is 10.5 Å². The van der Waals surface area contributed by atoms with E-state index in [1.165, 1.54) is 12.1 Å². The molecule has 0 saturated carbocycles. The molecule has 0 spiro atoms. The number of benzene rings is 1. The minimum absolute atomic E-state index is 0.00650. The van der Waals surface area contributed by atoms with Gasteiger partial charge in [-0.1, -0.05) is 6.07 Å². The van der Waals surface area contributed by atoms with E-state index in [0.717, 1.165) is 19.5 Å². The van der Waals surface area contributed by atoms with E-state index < -0.39 is 0 Å². The first-order valence-corrected chi connectivity index (χ1v) is 6.94. The Hall–Kier alpha value is -1.13. The number of hydrogen-bond acceptors (Lipinski definition) is 3. The fraction of sp³-hybridized carbons (Fsp3) is 0.600. The number of hydrogen-bond donors (Lipinski definition) is 1. The Morgan fingerprint density at radius 3 is 2.89 bits per heavy atom. The van der Waals surface area contributed by atoms with E-state index in [1.807, 2.05) is 0 Å². The molecule has 0 radical (unpaired) electrons. The Morgan fingerprint density at radius 1 is 1.47 bits per heavy atom. The van der Waals surface area contributed by atoms with Crippen molar-refractivity contribution in [2.24, 2.45) is 11.7 Å². The first kappa shape index (κ1) is 14.3. The standard InChI is InChI=1S/C15H23FN2O/c1-11(2)18-7-6-12(9-18)15(17)10-19-14-5-3-4-13(16)8-14/h3-5,8,11-12,15H,6-7,9-10,17H2,1-2H3. The van der Waals surface area contributed by atoms with E-state index in [-0.39, 0.29) is 11.9 Å². The SMILES string of the molecule is CC(C)N1CCC(C(N)COc2cccc(F)c2)C1. The minimum Gasteiger partial charge on any atom is -0.492 e. The van der Waals surface area contributed by atoms with Crippen molar-refractivity contribution >= 4 is 0 Å². The second kappa shape index (κ2) is 6.35. The lowest BCUT2D eigenvalue weighted by atomic mass is 10.0. The van der Waals surface area contributed by atoms with Gasteiger partial charge in [-0.25, -0.2) is 4.39 Å². The highest BCUT2D eigenvalue weighted by Crippen LogP contribution is 2.21. The smallest absolute Gasteiger partial charge is 0.126 e.